The van der Waals surface area contributed by atoms with Gasteiger partial charge in [-0.05, 0) is 41.5 Å². The lowest BCUT2D eigenvalue weighted by atomic mass is 10.2. The molecule has 0 N–H and O–H groups in total. The van der Waals surface area contributed by atoms with E-state index in [1.54, 1.807) is 28.0 Å². The number of thioether (sulfide) groups is 1. The van der Waals surface area contributed by atoms with Gasteiger partial charge in [-0.3, -0.25) is 9.69 Å². The number of hydrogen-bond acceptors (Lipinski definition) is 5. The number of hydrogen-bond donors (Lipinski definition) is 0. The monoisotopic (exact) mass is 396 g/mol. The summed E-state index contributed by atoms with van der Waals surface area (Å²) in [5.41, 5.74) is 2.02. The first kappa shape index (κ1) is 17.3. The third-order valence-electron chi connectivity index (χ3n) is 3.98. The molecule has 1 amide bonds. The summed E-state index contributed by atoms with van der Waals surface area (Å²) in [4.78, 5) is 21.6. The van der Waals surface area contributed by atoms with Crippen molar-refractivity contribution in [1.29, 1.82) is 0 Å². The number of carbonyl (C=O) groups excluding carboxylic acids is 1. The Morgan fingerprint density at radius 3 is 2.69 bits per heavy atom. The molecule has 0 saturated heterocycles. The van der Waals surface area contributed by atoms with Crippen LogP contribution >= 0.6 is 34.4 Å². The van der Waals surface area contributed by atoms with Crippen LogP contribution in [0, 0.1) is 0 Å². The number of anilines is 1. The highest BCUT2D eigenvalue weighted by atomic mass is 32.2. The summed E-state index contributed by atoms with van der Waals surface area (Å²) in [6.45, 7) is 0.507. The standard InChI is InChI=1S/C20H16N2OS3/c1-24-15-9-10-16-18(12-15)26-20(21-16)22(13-14-6-3-2-4-7-14)19(23)17-8-5-11-25-17/h2-12H,13H2,1H3. The van der Waals surface area contributed by atoms with E-state index in [-0.39, 0.29) is 5.91 Å². The fourth-order valence-electron chi connectivity index (χ4n) is 2.66. The van der Waals surface area contributed by atoms with Gasteiger partial charge >= 0.3 is 0 Å². The maximum atomic E-state index is 13.1. The summed E-state index contributed by atoms with van der Waals surface area (Å²) in [5, 5.41) is 2.66. The minimum absolute atomic E-state index is 0.00648. The summed E-state index contributed by atoms with van der Waals surface area (Å²) in [7, 11) is 0. The van der Waals surface area contributed by atoms with Crippen molar-refractivity contribution in [3.8, 4) is 0 Å². The molecule has 0 unspecified atom stereocenters. The molecule has 3 nitrogen and oxygen atoms in total. The molecule has 130 valence electrons. The first-order valence-electron chi connectivity index (χ1n) is 8.08. The molecule has 0 aliphatic carbocycles. The van der Waals surface area contributed by atoms with E-state index in [4.69, 9.17) is 4.98 Å². The van der Waals surface area contributed by atoms with Crippen LogP contribution in [0.15, 0.2) is 70.9 Å². The van der Waals surface area contributed by atoms with Gasteiger partial charge in [-0.15, -0.1) is 23.1 Å². The van der Waals surface area contributed by atoms with Crippen LogP contribution in [0.3, 0.4) is 0 Å². The fourth-order valence-corrected chi connectivity index (χ4v) is 4.85. The summed E-state index contributed by atoms with van der Waals surface area (Å²) in [6, 6.07) is 20.0. The Morgan fingerprint density at radius 1 is 1.12 bits per heavy atom. The quantitative estimate of drug-likeness (QED) is 0.392. The second-order valence-electron chi connectivity index (χ2n) is 5.68. The number of amides is 1. The lowest BCUT2D eigenvalue weighted by Gasteiger charge is -2.19. The van der Waals surface area contributed by atoms with Crippen LogP contribution in [-0.2, 0) is 6.54 Å². The third-order valence-corrected chi connectivity index (χ3v) is 6.60. The molecule has 0 spiro atoms. The smallest absolute Gasteiger partial charge is 0.270 e. The van der Waals surface area contributed by atoms with E-state index in [1.165, 1.54) is 16.2 Å². The lowest BCUT2D eigenvalue weighted by Crippen LogP contribution is -2.29. The molecule has 0 aliphatic rings. The van der Waals surface area contributed by atoms with Crippen molar-refractivity contribution >= 4 is 55.7 Å². The number of thiophene rings is 1. The zero-order valence-electron chi connectivity index (χ0n) is 14.1. The predicted octanol–water partition coefficient (Wildman–Crippen LogP) is 5.93. The number of carbonyl (C=O) groups is 1. The van der Waals surface area contributed by atoms with Gasteiger partial charge in [-0.1, -0.05) is 47.7 Å². The molecular formula is C20H16N2OS3. The van der Waals surface area contributed by atoms with Gasteiger partial charge in [-0.2, -0.15) is 0 Å². The number of rotatable bonds is 5. The Kier molecular flexibility index (Phi) is 5.06. The molecule has 0 radical (unpaired) electrons. The zero-order valence-corrected chi connectivity index (χ0v) is 16.5. The minimum Gasteiger partial charge on any atom is -0.279 e. The molecule has 0 bridgehead atoms. The van der Waals surface area contributed by atoms with Crippen molar-refractivity contribution in [1.82, 2.24) is 4.98 Å². The maximum absolute atomic E-state index is 13.1. The molecule has 2 aromatic carbocycles. The van der Waals surface area contributed by atoms with Crippen molar-refractivity contribution in [2.45, 2.75) is 11.4 Å². The van der Waals surface area contributed by atoms with Crippen molar-refractivity contribution < 1.29 is 4.79 Å². The highest BCUT2D eigenvalue weighted by Crippen LogP contribution is 2.33. The first-order valence-corrected chi connectivity index (χ1v) is 11.0. The summed E-state index contributed by atoms with van der Waals surface area (Å²) >= 11 is 4.73. The van der Waals surface area contributed by atoms with Crippen LogP contribution in [0.1, 0.15) is 15.2 Å². The van der Waals surface area contributed by atoms with Crippen molar-refractivity contribution in [2.24, 2.45) is 0 Å². The Bertz CT molecular complexity index is 1030. The van der Waals surface area contributed by atoms with Crippen LogP contribution in [0.2, 0.25) is 0 Å². The Hall–Kier alpha value is -2.15. The van der Waals surface area contributed by atoms with Crippen LogP contribution in [0.5, 0.6) is 0 Å². The van der Waals surface area contributed by atoms with Gasteiger partial charge in [0.15, 0.2) is 5.13 Å². The highest BCUT2D eigenvalue weighted by molar-refractivity contribution is 7.98. The van der Waals surface area contributed by atoms with Crippen molar-refractivity contribution in [2.75, 3.05) is 11.2 Å². The number of aromatic nitrogens is 1. The molecule has 6 heteroatoms. The minimum atomic E-state index is -0.00648. The topological polar surface area (TPSA) is 33.2 Å². The van der Waals surface area contributed by atoms with E-state index in [0.717, 1.165) is 25.8 Å². The second kappa shape index (κ2) is 7.61. The second-order valence-corrected chi connectivity index (χ2v) is 8.52. The summed E-state index contributed by atoms with van der Waals surface area (Å²) < 4.78 is 1.10. The van der Waals surface area contributed by atoms with E-state index in [0.29, 0.717) is 6.54 Å². The molecule has 0 fully saturated rings. The first-order chi connectivity index (χ1) is 12.7. The molecule has 26 heavy (non-hydrogen) atoms. The number of fused-ring (bicyclic) bond motifs is 1. The Labute approximate surface area is 164 Å². The van der Waals surface area contributed by atoms with Gasteiger partial charge in [0.2, 0.25) is 0 Å². The predicted molar refractivity (Wildman–Crippen MR) is 113 cm³/mol. The van der Waals surface area contributed by atoms with Gasteiger partial charge in [0.05, 0.1) is 21.6 Å². The average Bonchev–Trinajstić information content (AvgIpc) is 3.35. The van der Waals surface area contributed by atoms with E-state index in [2.05, 4.69) is 18.4 Å². The molecule has 0 atom stereocenters. The normalized spacial score (nSPS) is 11.0. The van der Waals surface area contributed by atoms with Crippen molar-refractivity contribution in [3.05, 3.63) is 76.5 Å². The van der Waals surface area contributed by atoms with Gasteiger partial charge < -0.3 is 0 Å². The van der Waals surface area contributed by atoms with Crippen LogP contribution < -0.4 is 4.90 Å². The molecule has 0 aliphatic heterocycles. The summed E-state index contributed by atoms with van der Waals surface area (Å²) in [5.74, 6) is -0.00648. The molecule has 4 aromatic rings. The van der Waals surface area contributed by atoms with E-state index >= 15 is 0 Å². The van der Waals surface area contributed by atoms with Crippen LogP contribution in [0.4, 0.5) is 5.13 Å². The van der Waals surface area contributed by atoms with E-state index in [1.807, 2.05) is 53.9 Å². The number of benzene rings is 2. The molecular weight excluding hydrogens is 380 g/mol. The lowest BCUT2D eigenvalue weighted by molar-refractivity contribution is 0.0989. The van der Waals surface area contributed by atoms with Crippen LogP contribution in [-0.4, -0.2) is 17.1 Å². The Morgan fingerprint density at radius 2 is 1.96 bits per heavy atom. The van der Waals surface area contributed by atoms with Gasteiger partial charge in [-0.25, -0.2) is 4.98 Å². The Balaban J connectivity index is 1.75. The largest absolute Gasteiger partial charge is 0.279 e. The maximum Gasteiger partial charge on any atom is 0.270 e. The number of nitrogens with zero attached hydrogens (tertiary/aromatic N) is 2. The van der Waals surface area contributed by atoms with E-state index in [9.17, 15) is 4.79 Å². The molecule has 4 rings (SSSR count). The molecule has 2 heterocycles. The van der Waals surface area contributed by atoms with E-state index < -0.39 is 0 Å². The molecule has 2 aromatic heterocycles. The summed E-state index contributed by atoms with van der Waals surface area (Å²) in [6.07, 6.45) is 2.06. The van der Waals surface area contributed by atoms with Gasteiger partial charge in [0, 0.05) is 4.90 Å². The number of thiazole rings is 1. The molecule has 0 saturated carbocycles. The third kappa shape index (κ3) is 3.53. The SMILES string of the molecule is CSc1ccc2nc(N(Cc3ccccc3)C(=O)c3cccs3)sc2c1. The highest BCUT2D eigenvalue weighted by Gasteiger charge is 2.22. The van der Waals surface area contributed by atoms with Crippen LogP contribution in [0.25, 0.3) is 10.2 Å². The van der Waals surface area contributed by atoms with Crippen molar-refractivity contribution in [3.63, 3.8) is 0 Å². The van der Waals surface area contributed by atoms with Gasteiger partial charge in [0.1, 0.15) is 0 Å². The zero-order chi connectivity index (χ0) is 17.9. The fraction of sp³-hybridized carbons (Fsp3) is 0.100. The average molecular weight is 397 g/mol. The van der Waals surface area contributed by atoms with Gasteiger partial charge in [0.25, 0.3) is 5.91 Å².